The summed E-state index contributed by atoms with van der Waals surface area (Å²) < 4.78 is 17.0. The van der Waals surface area contributed by atoms with Crippen LogP contribution in [0.15, 0.2) is 97.2 Å². The van der Waals surface area contributed by atoms with E-state index in [1.807, 2.05) is 0 Å². The molecule has 0 aromatic heterocycles. The van der Waals surface area contributed by atoms with Crippen molar-refractivity contribution in [2.45, 2.75) is 354 Å². The zero-order chi connectivity index (χ0) is 59.2. The summed E-state index contributed by atoms with van der Waals surface area (Å²) >= 11 is 0. The highest BCUT2D eigenvalue weighted by molar-refractivity contribution is 5.71. The van der Waals surface area contributed by atoms with Crippen LogP contribution in [0.4, 0.5) is 0 Å². The molecule has 0 saturated heterocycles. The molecule has 0 aromatic rings. The van der Waals surface area contributed by atoms with E-state index < -0.39 is 6.10 Å². The summed E-state index contributed by atoms with van der Waals surface area (Å²) in [5, 5.41) is 0. The smallest absolute Gasteiger partial charge is 0.306 e. The van der Waals surface area contributed by atoms with Crippen LogP contribution in [0.5, 0.6) is 0 Å². The van der Waals surface area contributed by atoms with Crippen LogP contribution < -0.4 is 0 Å². The van der Waals surface area contributed by atoms with Crippen LogP contribution >= 0.6 is 0 Å². The molecule has 82 heavy (non-hydrogen) atoms. The second-order valence-corrected chi connectivity index (χ2v) is 23.4. The van der Waals surface area contributed by atoms with Crippen molar-refractivity contribution in [1.29, 1.82) is 0 Å². The summed E-state index contributed by atoms with van der Waals surface area (Å²) in [6.45, 7) is 6.53. The first-order valence-corrected chi connectivity index (χ1v) is 35.2. The molecule has 0 rings (SSSR count). The zero-order valence-electron chi connectivity index (χ0n) is 54.2. The fourth-order valence-corrected chi connectivity index (χ4v) is 10.0. The average Bonchev–Trinajstić information content (AvgIpc) is 3.47. The number of hydrogen-bond acceptors (Lipinski definition) is 6. The Bertz CT molecular complexity index is 1590. The van der Waals surface area contributed by atoms with E-state index in [1.165, 1.54) is 205 Å². The summed E-state index contributed by atoms with van der Waals surface area (Å²) in [6, 6.07) is 0. The first-order chi connectivity index (χ1) is 40.5. The molecular formula is C76H132O6. The van der Waals surface area contributed by atoms with Crippen molar-refractivity contribution in [1.82, 2.24) is 0 Å². The van der Waals surface area contributed by atoms with Gasteiger partial charge in [-0.2, -0.15) is 0 Å². The van der Waals surface area contributed by atoms with Gasteiger partial charge in [0.25, 0.3) is 0 Å². The lowest BCUT2D eigenvalue weighted by atomic mass is 10.0. The van der Waals surface area contributed by atoms with Gasteiger partial charge in [-0.15, -0.1) is 0 Å². The Hall–Kier alpha value is -3.67. The third-order valence-electron chi connectivity index (χ3n) is 15.3. The topological polar surface area (TPSA) is 78.9 Å². The van der Waals surface area contributed by atoms with Crippen molar-refractivity contribution >= 4 is 17.9 Å². The van der Waals surface area contributed by atoms with Gasteiger partial charge in [-0.05, 0) is 122 Å². The molecule has 0 bridgehead atoms. The molecule has 6 nitrogen and oxygen atoms in total. The average molecular weight is 1140 g/mol. The largest absolute Gasteiger partial charge is 0.462 e. The lowest BCUT2D eigenvalue weighted by molar-refractivity contribution is -0.167. The maximum Gasteiger partial charge on any atom is 0.306 e. The Labute approximate surface area is 508 Å². The van der Waals surface area contributed by atoms with Crippen molar-refractivity contribution < 1.29 is 28.6 Å². The molecule has 1 unspecified atom stereocenters. The highest BCUT2D eigenvalue weighted by Crippen LogP contribution is 2.17. The molecule has 0 radical (unpaired) electrons. The molecule has 0 aliphatic rings. The van der Waals surface area contributed by atoms with Crippen LogP contribution in [0, 0.1) is 0 Å². The van der Waals surface area contributed by atoms with E-state index in [-0.39, 0.29) is 31.1 Å². The van der Waals surface area contributed by atoms with E-state index in [9.17, 15) is 14.4 Å². The van der Waals surface area contributed by atoms with E-state index >= 15 is 0 Å². The van der Waals surface area contributed by atoms with Crippen LogP contribution in [-0.4, -0.2) is 37.2 Å². The van der Waals surface area contributed by atoms with Gasteiger partial charge in [0.1, 0.15) is 13.2 Å². The van der Waals surface area contributed by atoms with Crippen molar-refractivity contribution in [2.24, 2.45) is 0 Å². The maximum atomic E-state index is 13.0. The normalized spacial score (nSPS) is 12.7. The summed E-state index contributed by atoms with van der Waals surface area (Å²) in [7, 11) is 0. The van der Waals surface area contributed by atoms with Crippen LogP contribution in [0.25, 0.3) is 0 Å². The molecule has 0 aliphatic heterocycles. The molecule has 6 heteroatoms. The molecule has 0 N–H and O–H groups in total. The third kappa shape index (κ3) is 67.1. The Morgan fingerprint density at radius 2 is 0.476 bits per heavy atom. The summed E-state index contributed by atoms with van der Waals surface area (Å²) in [6.07, 6.45) is 94.2. The lowest BCUT2D eigenvalue weighted by Gasteiger charge is -2.18. The molecule has 1 atom stereocenters. The van der Waals surface area contributed by atoms with E-state index in [4.69, 9.17) is 14.2 Å². The van der Waals surface area contributed by atoms with Gasteiger partial charge in [0, 0.05) is 19.3 Å². The molecule has 0 amide bonds. The molecule has 0 heterocycles. The lowest BCUT2D eigenvalue weighted by Crippen LogP contribution is -2.30. The highest BCUT2D eigenvalue weighted by Gasteiger charge is 2.19. The van der Waals surface area contributed by atoms with E-state index in [0.29, 0.717) is 19.3 Å². The first-order valence-electron chi connectivity index (χ1n) is 35.2. The van der Waals surface area contributed by atoms with Crippen molar-refractivity contribution in [3.63, 3.8) is 0 Å². The molecule has 0 fully saturated rings. The number of unbranched alkanes of at least 4 members (excludes halogenated alkanes) is 37. The predicted octanol–water partition coefficient (Wildman–Crippen LogP) is 24.4. The van der Waals surface area contributed by atoms with Gasteiger partial charge in [-0.3, -0.25) is 14.4 Å². The maximum absolute atomic E-state index is 13.0. The summed E-state index contributed by atoms with van der Waals surface area (Å²) in [5.41, 5.74) is 0. The molecular weight excluding hydrogens is 1010 g/mol. The molecule has 0 aromatic carbocycles. The SMILES string of the molecule is CC/C=C\C/C=C\C/C=C\C/C=C\C/C=C\CCCCCCCCCCCCCCCC(=O)OCC(COC(=O)CCCCCCC/C=C\CCCCCCCCC)OC(=O)CCCCCCCCCCC/C=C\C/C=C\CCCCC. The minimum absolute atomic E-state index is 0.0801. The summed E-state index contributed by atoms with van der Waals surface area (Å²) in [4.78, 5) is 38.5. The van der Waals surface area contributed by atoms with Crippen molar-refractivity contribution in [3.05, 3.63) is 97.2 Å². The third-order valence-corrected chi connectivity index (χ3v) is 15.3. The van der Waals surface area contributed by atoms with Gasteiger partial charge in [-0.1, -0.05) is 304 Å². The van der Waals surface area contributed by atoms with Crippen molar-refractivity contribution in [2.75, 3.05) is 13.2 Å². The van der Waals surface area contributed by atoms with Gasteiger partial charge < -0.3 is 14.2 Å². The quantitative estimate of drug-likeness (QED) is 0.0261. The van der Waals surface area contributed by atoms with Gasteiger partial charge in [0.2, 0.25) is 0 Å². The Morgan fingerprint density at radius 1 is 0.256 bits per heavy atom. The fourth-order valence-electron chi connectivity index (χ4n) is 10.0. The molecule has 0 spiro atoms. The molecule has 472 valence electrons. The van der Waals surface area contributed by atoms with E-state index in [2.05, 4.69) is 118 Å². The van der Waals surface area contributed by atoms with Crippen LogP contribution in [-0.2, 0) is 28.6 Å². The summed E-state index contributed by atoms with van der Waals surface area (Å²) in [5.74, 6) is -0.877. The minimum atomic E-state index is -0.785. The number of hydrogen-bond donors (Lipinski definition) is 0. The number of allylic oxidation sites excluding steroid dienone is 16. The monoisotopic (exact) mass is 1140 g/mol. The Kier molecular flexibility index (Phi) is 66.7. The highest BCUT2D eigenvalue weighted by atomic mass is 16.6. The van der Waals surface area contributed by atoms with Gasteiger partial charge in [0.05, 0.1) is 0 Å². The zero-order valence-corrected chi connectivity index (χ0v) is 54.2. The molecule has 0 aliphatic carbocycles. The van der Waals surface area contributed by atoms with Crippen LogP contribution in [0.1, 0.15) is 348 Å². The second-order valence-electron chi connectivity index (χ2n) is 23.4. The fraction of sp³-hybridized carbons (Fsp3) is 0.750. The first kappa shape index (κ1) is 78.3. The van der Waals surface area contributed by atoms with Crippen LogP contribution in [0.2, 0.25) is 0 Å². The molecule has 0 saturated carbocycles. The Balaban J connectivity index is 4.31. The van der Waals surface area contributed by atoms with E-state index in [1.54, 1.807) is 0 Å². The number of carbonyl (C=O) groups excluding carboxylic acids is 3. The predicted molar refractivity (Wildman–Crippen MR) is 357 cm³/mol. The van der Waals surface area contributed by atoms with Gasteiger partial charge in [-0.25, -0.2) is 0 Å². The number of ether oxygens (including phenoxy) is 3. The number of esters is 3. The number of rotatable bonds is 64. The second kappa shape index (κ2) is 69.8. The number of carbonyl (C=O) groups is 3. The Morgan fingerprint density at radius 3 is 0.780 bits per heavy atom. The van der Waals surface area contributed by atoms with E-state index in [0.717, 1.165) is 103 Å². The van der Waals surface area contributed by atoms with Gasteiger partial charge >= 0.3 is 17.9 Å². The van der Waals surface area contributed by atoms with Gasteiger partial charge in [0.15, 0.2) is 6.10 Å². The standard InChI is InChI=1S/C76H132O6/c1-4-7-10-13-16-19-22-25-28-31-33-34-35-36-37-38-39-40-41-42-44-45-48-51-54-57-60-63-66-69-75(78)81-72-73(71-80-74(77)68-65-62-59-56-53-50-47-30-27-24-21-18-15-12-9-6-3)82-76(79)70-67-64-61-58-55-52-49-46-43-32-29-26-23-20-17-14-11-8-5-2/h7,10,16-17,19-20,25-26,28-30,33-34,36-37,47,73H,4-6,8-9,11-15,18,21-24,27,31-32,35,38-46,48-72H2,1-3H3/b10-7-,19-16-,20-17-,28-25-,29-26-,34-33-,37-36-,47-30-. The van der Waals surface area contributed by atoms with Crippen LogP contribution in [0.3, 0.4) is 0 Å². The van der Waals surface area contributed by atoms with Crippen molar-refractivity contribution in [3.8, 4) is 0 Å². The minimum Gasteiger partial charge on any atom is -0.462 e.